The van der Waals surface area contributed by atoms with Gasteiger partial charge in [0.1, 0.15) is 0 Å². The van der Waals surface area contributed by atoms with E-state index in [0.717, 1.165) is 0 Å². The maximum absolute atomic E-state index is 11.2. The van der Waals surface area contributed by atoms with Crippen molar-refractivity contribution < 1.29 is 9.63 Å². The normalized spacial score (nSPS) is 15.2. The third-order valence-corrected chi connectivity index (χ3v) is 1.14. The van der Waals surface area contributed by atoms with Gasteiger partial charge in [-0.25, -0.2) is 0 Å². The smallest absolute Gasteiger partial charge is 0.290 e. The average Bonchev–Trinajstić information content (AvgIpc) is 2.34. The van der Waals surface area contributed by atoms with Crippen LogP contribution in [0.5, 0.6) is 0 Å². The highest BCUT2D eigenvalue weighted by Crippen LogP contribution is 1.98. The van der Waals surface area contributed by atoms with Gasteiger partial charge in [0.05, 0.1) is 0 Å². The molecule has 0 unspecified atom stereocenters. The zero-order chi connectivity index (χ0) is 9.14. The summed E-state index contributed by atoms with van der Waals surface area (Å²) in [5.41, 5.74) is 0. The predicted molar refractivity (Wildman–Crippen MR) is 44.1 cm³/mol. The van der Waals surface area contributed by atoms with Gasteiger partial charge in [-0.05, 0) is 20.4 Å². The van der Waals surface area contributed by atoms with Crippen LogP contribution in [0.15, 0.2) is 17.6 Å². The van der Waals surface area contributed by atoms with Crippen LogP contribution < -0.4 is 10.6 Å². The molecule has 5 nitrogen and oxygen atoms in total. The Hall–Kier alpha value is -1.52. The Balaban J connectivity index is 2.49. The highest BCUT2D eigenvalue weighted by atomic mass is 16.7. The van der Waals surface area contributed by atoms with Gasteiger partial charge in [-0.3, -0.25) is 4.79 Å². The van der Waals surface area contributed by atoms with Crippen molar-refractivity contribution in [2.75, 3.05) is 0 Å². The SMILES string of the molecule is C=C1NC(C(=O)NC(C)C)=NO1. The van der Waals surface area contributed by atoms with E-state index in [1.165, 1.54) is 0 Å². The van der Waals surface area contributed by atoms with Gasteiger partial charge in [-0.1, -0.05) is 5.16 Å². The van der Waals surface area contributed by atoms with Gasteiger partial charge < -0.3 is 15.5 Å². The van der Waals surface area contributed by atoms with Crippen LogP contribution in [0.3, 0.4) is 0 Å². The number of nitrogens with one attached hydrogen (secondary N) is 2. The molecule has 0 fully saturated rings. The number of oxime groups is 1. The molecule has 0 aromatic rings. The highest BCUT2D eigenvalue weighted by molar-refractivity contribution is 6.38. The van der Waals surface area contributed by atoms with Crippen molar-refractivity contribution >= 4 is 11.7 Å². The van der Waals surface area contributed by atoms with Crippen molar-refractivity contribution in [2.45, 2.75) is 19.9 Å². The molecule has 0 saturated carbocycles. The van der Waals surface area contributed by atoms with E-state index in [4.69, 9.17) is 0 Å². The molecular formula is C7H11N3O2. The van der Waals surface area contributed by atoms with E-state index in [9.17, 15) is 4.79 Å². The second kappa shape index (κ2) is 3.25. The standard InChI is InChI=1S/C7H11N3O2/c1-4(2)8-7(11)6-9-5(3)12-10-6/h4H,3H2,1-2H3,(H,8,11)(H,9,10). The molecule has 1 aliphatic rings. The molecule has 5 heteroatoms. The number of hydrogen-bond acceptors (Lipinski definition) is 4. The van der Waals surface area contributed by atoms with Crippen LogP contribution in [-0.4, -0.2) is 17.8 Å². The Morgan fingerprint density at radius 2 is 2.42 bits per heavy atom. The molecule has 0 spiro atoms. The Morgan fingerprint density at radius 1 is 1.75 bits per heavy atom. The molecule has 0 aromatic carbocycles. The van der Waals surface area contributed by atoms with Crippen LogP contribution in [0.1, 0.15) is 13.8 Å². The number of carbonyl (C=O) groups is 1. The van der Waals surface area contributed by atoms with E-state index >= 15 is 0 Å². The largest absolute Gasteiger partial charge is 0.347 e. The summed E-state index contributed by atoms with van der Waals surface area (Å²) in [5.74, 6) is 0.126. The molecule has 1 rings (SSSR count). The number of hydrogen-bond donors (Lipinski definition) is 2. The fourth-order valence-corrected chi connectivity index (χ4v) is 0.707. The zero-order valence-electron chi connectivity index (χ0n) is 7.05. The Kier molecular flexibility index (Phi) is 2.32. The summed E-state index contributed by atoms with van der Waals surface area (Å²) in [6.07, 6.45) is 0. The van der Waals surface area contributed by atoms with Crippen LogP contribution in [-0.2, 0) is 9.63 Å². The third kappa shape index (κ3) is 1.98. The Bertz CT molecular complexity index is 245. The van der Waals surface area contributed by atoms with Crippen molar-refractivity contribution in [3.05, 3.63) is 12.5 Å². The third-order valence-electron chi connectivity index (χ3n) is 1.14. The van der Waals surface area contributed by atoms with Gasteiger partial charge in [0.25, 0.3) is 5.91 Å². The summed E-state index contributed by atoms with van der Waals surface area (Å²) in [6, 6.07) is 0.0795. The zero-order valence-corrected chi connectivity index (χ0v) is 7.05. The first-order valence-electron chi connectivity index (χ1n) is 3.61. The molecule has 0 bridgehead atoms. The molecule has 66 valence electrons. The molecule has 1 amide bonds. The molecule has 1 heterocycles. The van der Waals surface area contributed by atoms with Gasteiger partial charge in [0.2, 0.25) is 11.7 Å². The van der Waals surface area contributed by atoms with Crippen LogP contribution >= 0.6 is 0 Å². The minimum absolute atomic E-state index is 0.0795. The summed E-state index contributed by atoms with van der Waals surface area (Å²) in [5, 5.41) is 8.70. The molecule has 1 aliphatic heterocycles. The molecule has 0 aromatic heterocycles. The lowest BCUT2D eigenvalue weighted by molar-refractivity contribution is -0.115. The molecule has 0 atom stereocenters. The van der Waals surface area contributed by atoms with Crippen LogP contribution in [0.4, 0.5) is 0 Å². The Labute approximate surface area is 70.5 Å². The number of rotatable bonds is 2. The fraction of sp³-hybridized carbons (Fsp3) is 0.429. The summed E-state index contributed by atoms with van der Waals surface area (Å²) in [7, 11) is 0. The number of nitrogens with zero attached hydrogens (tertiary/aromatic N) is 1. The summed E-state index contributed by atoms with van der Waals surface area (Å²) < 4.78 is 0. The lowest BCUT2D eigenvalue weighted by Crippen LogP contribution is -2.40. The van der Waals surface area contributed by atoms with Gasteiger partial charge in [-0.2, -0.15) is 0 Å². The number of carbonyl (C=O) groups excluding carboxylic acids is 1. The van der Waals surface area contributed by atoms with E-state index in [2.05, 4.69) is 27.2 Å². The summed E-state index contributed by atoms with van der Waals surface area (Å²) >= 11 is 0. The first-order valence-corrected chi connectivity index (χ1v) is 3.61. The highest BCUT2D eigenvalue weighted by Gasteiger charge is 2.19. The minimum atomic E-state index is -0.288. The van der Waals surface area contributed by atoms with Crippen LogP contribution in [0.2, 0.25) is 0 Å². The summed E-state index contributed by atoms with van der Waals surface area (Å²) in [4.78, 5) is 15.8. The summed E-state index contributed by atoms with van der Waals surface area (Å²) in [6.45, 7) is 7.17. The fourth-order valence-electron chi connectivity index (χ4n) is 0.707. The monoisotopic (exact) mass is 169 g/mol. The van der Waals surface area contributed by atoms with E-state index < -0.39 is 0 Å². The van der Waals surface area contributed by atoms with Gasteiger partial charge >= 0.3 is 0 Å². The first-order chi connectivity index (χ1) is 5.59. The van der Waals surface area contributed by atoms with E-state index in [1.807, 2.05) is 13.8 Å². The van der Waals surface area contributed by atoms with Crippen molar-refractivity contribution in [1.82, 2.24) is 10.6 Å². The van der Waals surface area contributed by atoms with E-state index in [1.54, 1.807) is 0 Å². The first kappa shape index (κ1) is 8.58. The quantitative estimate of drug-likeness (QED) is 0.607. The number of amidine groups is 1. The van der Waals surface area contributed by atoms with Crippen molar-refractivity contribution in [3.8, 4) is 0 Å². The lowest BCUT2D eigenvalue weighted by atomic mass is 10.4. The van der Waals surface area contributed by atoms with Crippen molar-refractivity contribution in [3.63, 3.8) is 0 Å². The molecule has 2 N–H and O–H groups in total. The van der Waals surface area contributed by atoms with Gasteiger partial charge in [0, 0.05) is 6.04 Å². The second-order valence-corrected chi connectivity index (χ2v) is 2.71. The Morgan fingerprint density at radius 3 is 2.83 bits per heavy atom. The maximum Gasteiger partial charge on any atom is 0.290 e. The van der Waals surface area contributed by atoms with E-state index in [-0.39, 0.29) is 23.7 Å². The molecule has 12 heavy (non-hydrogen) atoms. The maximum atomic E-state index is 11.2. The molecule has 0 radical (unpaired) electrons. The average molecular weight is 169 g/mol. The van der Waals surface area contributed by atoms with Crippen molar-refractivity contribution in [2.24, 2.45) is 5.16 Å². The lowest BCUT2D eigenvalue weighted by Gasteiger charge is -2.06. The molecular weight excluding hydrogens is 158 g/mol. The predicted octanol–water partition coefficient (Wildman–Crippen LogP) is -0.0845. The van der Waals surface area contributed by atoms with Gasteiger partial charge in [-0.15, -0.1) is 0 Å². The molecule has 0 saturated heterocycles. The van der Waals surface area contributed by atoms with Crippen molar-refractivity contribution in [1.29, 1.82) is 0 Å². The van der Waals surface area contributed by atoms with Gasteiger partial charge in [0.15, 0.2) is 0 Å². The van der Waals surface area contributed by atoms with Crippen LogP contribution in [0.25, 0.3) is 0 Å². The number of amides is 1. The van der Waals surface area contributed by atoms with E-state index in [0.29, 0.717) is 0 Å². The second-order valence-electron chi connectivity index (χ2n) is 2.71. The van der Waals surface area contributed by atoms with Crippen LogP contribution in [0, 0.1) is 0 Å². The minimum Gasteiger partial charge on any atom is -0.347 e. The topological polar surface area (TPSA) is 62.7 Å². The molecule has 0 aliphatic carbocycles.